The number of H-pyrrole nitrogens is 1. The van der Waals surface area contributed by atoms with Crippen molar-refractivity contribution < 1.29 is 73.8 Å². The molecule has 24 heteroatoms. The van der Waals surface area contributed by atoms with Crippen LogP contribution in [-0.4, -0.2) is 168 Å². The van der Waals surface area contributed by atoms with Crippen LogP contribution in [0, 0.1) is 5.92 Å². The molecule has 2 aromatic carbocycles. The number of phenols is 1. The number of para-hydroxylation sites is 1. The van der Waals surface area contributed by atoms with E-state index in [1.165, 1.54) is 31.2 Å². The van der Waals surface area contributed by atoms with Crippen molar-refractivity contribution in [3.63, 3.8) is 0 Å². The molecule has 24 nitrogen and oxygen atoms in total. The maximum Gasteiger partial charge on any atom is 0.326 e. The number of rotatable bonds is 26. The third-order valence-corrected chi connectivity index (χ3v) is 11.6. The maximum absolute atomic E-state index is 14.4. The van der Waals surface area contributed by atoms with E-state index in [-0.39, 0.29) is 50.3 Å². The fourth-order valence-electron chi connectivity index (χ4n) is 7.80. The zero-order valence-electron chi connectivity index (χ0n) is 38.9. The first kappa shape index (κ1) is 55.4. The summed E-state index contributed by atoms with van der Waals surface area (Å²) in [6, 6.07) is 0.994. The minimum Gasteiger partial charge on any atom is -0.508 e. The van der Waals surface area contributed by atoms with Gasteiger partial charge in [-0.3, -0.25) is 38.4 Å². The molecule has 2 heterocycles. The van der Waals surface area contributed by atoms with E-state index in [0.717, 1.165) is 4.90 Å². The summed E-state index contributed by atoms with van der Waals surface area (Å²) in [4.78, 5) is 123. The Kier molecular flexibility index (Phi) is 20.6. The lowest BCUT2D eigenvalue weighted by molar-refractivity contribution is -0.146. The standard InChI is InChI=1S/C46H63N9O15/c1-23(2)17-32(40(63)53-35(22-57)43(66)54-38(24(3)58)45(68)55-16-6-9-36(55)44(67)49-31(46(69)70)14-15-37(60)61)51-42(65)34(19-26-20-48-30-8-5-4-7-28(26)30)52-41(64)33(50-39(62)29(47)21-56)18-25-10-12-27(59)13-11-25/h4-5,7-8,10-13,20,23-24,29,31-36,38,48,56-59H,6,9,14-19,21-22,47H2,1-3H3,(H,49,67)(H,50,62)(H,51,65)(H,52,64)(H,53,63)(H,54,66)(H,60,61)(H,69,70)/t24-,29+,31+,32+,33+,34+,35+,36+,38+/m1/s1. The Labute approximate surface area is 402 Å². The van der Waals surface area contributed by atoms with Crippen LogP contribution in [0.4, 0.5) is 0 Å². The molecule has 1 aromatic heterocycles. The second kappa shape index (κ2) is 26.0. The van der Waals surface area contributed by atoms with Gasteiger partial charge >= 0.3 is 11.9 Å². The van der Waals surface area contributed by atoms with Crippen molar-refractivity contribution in [2.24, 2.45) is 11.7 Å². The zero-order chi connectivity index (χ0) is 51.8. The van der Waals surface area contributed by atoms with Crippen molar-refractivity contribution in [1.82, 2.24) is 41.8 Å². The van der Waals surface area contributed by atoms with Gasteiger partial charge in [0, 0.05) is 42.9 Å². The summed E-state index contributed by atoms with van der Waals surface area (Å²) >= 11 is 0. The van der Waals surface area contributed by atoms with E-state index in [0.29, 0.717) is 22.0 Å². The van der Waals surface area contributed by atoms with Gasteiger partial charge in [0.1, 0.15) is 54.1 Å². The predicted octanol–water partition coefficient (Wildman–Crippen LogP) is -2.75. The molecule has 1 aliphatic rings. The summed E-state index contributed by atoms with van der Waals surface area (Å²) in [7, 11) is 0. The number of carboxylic acid groups (broad SMARTS) is 2. The average molecular weight is 982 g/mol. The molecule has 0 saturated carbocycles. The number of aliphatic carboxylic acids is 2. The minimum atomic E-state index is -1.77. The monoisotopic (exact) mass is 981 g/mol. The van der Waals surface area contributed by atoms with E-state index >= 15 is 0 Å². The Morgan fingerprint density at radius 3 is 1.91 bits per heavy atom. The number of amides is 7. The molecular weight excluding hydrogens is 919 g/mol. The molecule has 7 amide bonds. The summed E-state index contributed by atoms with van der Waals surface area (Å²) in [5.41, 5.74) is 7.54. The third-order valence-electron chi connectivity index (χ3n) is 11.6. The highest BCUT2D eigenvalue weighted by Crippen LogP contribution is 2.22. The molecule has 4 rings (SSSR count). The molecule has 9 atom stereocenters. The number of hydrogen-bond donors (Lipinski definition) is 14. The van der Waals surface area contributed by atoms with Crippen LogP contribution >= 0.6 is 0 Å². The summed E-state index contributed by atoms with van der Waals surface area (Å²) in [5, 5.41) is 74.3. The van der Waals surface area contributed by atoms with E-state index in [4.69, 9.17) is 10.8 Å². The molecule has 0 aliphatic carbocycles. The lowest BCUT2D eigenvalue weighted by atomic mass is 9.99. The molecule has 15 N–H and O–H groups in total. The molecular formula is C46H63N9O15. The normalized spacial score (nSPS) is 16.9. The Morgan fingerprint density at radius 1 is 0.729 bits per heavy atom. The first-order valence-corrected chi connectivity index (χ1v) is 22.7. The number of nitrogens with one attached hydrogen (secondary N) is 7. The minimum absolute atomic E-state index is 0.0318. The molecule has 382 valence electrons. The summed E-state index contributed by atoms with van der Waals surface area (Å²) in [6.07, 6.45) is -0.926. The number of fused-ring (bicyclic) bond motifs is 1. The van der Waals surface area contributed by atoms with Crippen molar-refractivity contribution in [3.8, 4) is 5.75 Å². The van der Waals surface area contributed by atoms with Crippen molar-refractivity contribution in [1.29, 1.82) is 0 Å². The van der Waals surface area contributed by atoms with Gasteiger partial charge in [-0.2, -0.15) is 0 Å². The molecule has 0 bridgehead atoms. The van der Waals surface area contributed by atoms with E-state index in [2.05, 4.69) is 36.9 Å². The molecule has 0 spiro atoms. The molecule has 1 saturated heterocycles. The number of hydrogen-bond acceptors (Lipinski definition) is 14. The number of carbonyl (C=O) groups excluding carboxylic acids is 7. The van der Waals surface area contributed by atoms with Crippen LogP contribution in [0.2, 0.25) is 0 Å². The molecule has 1 aliphatic heterocycles. The number of carboxylic acids is 2. The summed E-state index contributed by atoms with van der Waals surface area (Å²) in [5.74, 6) is -9.66. The fraction of sp³-hybridized carbons (Fsp3) is 0.500. The van der Waals surface area contributed by atoms with Gasteiger partial charge < -0.3 is 78.2 Å². The first-order valence-electron chi connectivity index (χ1n) is 22.7. The number of carbonyl (C=O) groups is 9. The molecule has 0 radical (unpaired) electrons. The number of nitrogens with two attached hydrogens (primary N) is 1. The highest BCUT2D eigenvalue weighted by atomic mass is 16.4. The second-order valence-electron chi connectivity index (χ2n) is 17.5. The maximum atomic E-state index is 14.4. The van der Waals surface area contributed by atoms with Gasteiger partial charge in [-0.1, -0.05) is 44.2 Å². The van der Waals surface area contributed by atoms with Crippen LogP contribution in [0.1, 0.15) is 64.0 Å². The van der Waals surface area contributed by atoms with Crippen molar-refractivity contribution in [2.75, 3.05) is 19.8 Å². The van der Waals surface area contributed by atoms with Gasteiger partial charge in [-0.05, 0) is 67.9 Å². The van der Waals surface area contributed by atoms with Crippen molar-refractivity contribution in [2.45, 2.75) is 120 Å². The number of aliphatic hydroxyl groups is 3. The van der Waals surface area contributed by atoms with Gasteiger partial charge in [0.15, 0.2) is 0 Å². The lowest BCUT2D eigenvalue weighted by Gasteiger charge is -2.31. The van der Waals surface area contributed by atoms with Crippen LogP contribution in [-0.2, 0) is 56.0 Å². The number of aromatic nitrogens is 1. The molecule has 70 heavy (non-hydrogen) atoms. The smallest absolute Gasteiger partial charge is 0.326 e. The van der Waals surface area contributed by atoms with Crippen LogP contribution in [0.3, 0.4) is 0 Å². The Hall–Kier alpha value is -7.15. The summed E-state index contributed by atoms with van der Waals surface area (Å²) in [6.45, 7) is 2.84. The number of benzene rings is 2. The van der Waals surface area contributed by atoms with Crippen molar-refractivity contribution in [3.05, 3.63) is 65.9 Å². The summed E-state index contributed by atoms with van der Waals surface area (Å²) < 4.78 is 0. The van der Waals surface area contributed by atoms with Gasteiger partial charge in [-0.25, -0.2) is 4.79 Å². The van der Waals surface area contributed by atoms with Gasteiger partial charge in [0.2, 0.25) is 41.4 Å². The van der Waals surface area contributed by atoms with E-state index in [1.807, 2.05) is 0 Å². The van der Waals surface area contributed by atoms with Crippen molar-refractivity contribution >= 4 is 64.2 Å². The van der Waals surface area contributed by atoms with Gasteiger partial charge in [-0.15, -0.1) is 0 Å². The number of nitrogens with zero attached hydrogens (tertiary/aromatic N) is 1. The van der Waals surface area contributed by atoms with Gasteiger partial charge in [0.05, 0.1) is 19.3 Å². The molecule has 0 unspecified atom stereocenters. The van der Waals surface area contributed by atoms with Gasteiger partial charge in [0.25, 0.3) is 0 Å². The second-order valence-corrected chi connectivity index (χ2v) is 17.5. The number of aromatic hydroxyl groups is 1. The van der Waals surface area contributed by atoms with E-state index < -0.39 is 134 Å². The number of phenolic OH excluding ortho intramolecular Hbond substituents is 1. The quantitative estimate of drug-likeness (QED) is 0.0388. The van der Waals surface area contributed by atoms with E-state index in [1.54, 1.807) is 44.3 Å². The SMILES string of the molecule is CC(C)C[C@H](NC(=O)[C@H](Cc1c[nH]c2ccccc12)NC(=O)[C@H](Cc1ccc(O)cc1)NC(=O)[C@@H](N)CO)C(=O)N[C@@H](CO)C(=O)N[C@H](C(=O)N1CCC[C@H]1C(=O)N[C@@H](CCC(=O)O)C(=O)O)[C@@H](C)O. The Bertz CT molecular complexity index is 2340. The number of aromatic amines is 1. The van der Waals surface area contributed by atoms with Crippen LogP contribution in [0.25, 0.3) is 10.9 Å². The van der Waals surface area contributed by atoms with Crippen LogP contribution in [0.5, 0.6) is 5.75 Å². The average Bonchev–Trinajstić information content (AvgIpc) is 3.98. The predicted molar refractivity (Wildman–Crippen MR) is 248 cm³/mol. The van der Waals surface area contributed by atoms with E-state index in [9.17, 15) is 68.7 Å². The molecule has 1 fully saturated rings. The third kappa shape index (κ3) is 15.7. The number of likely N-dealkylation sites (tertiary alicyclic amines) is 1. The highest BCUT2D eigenvalue weighted by molar-refractivity contribution is 5.98. The molecule has 3 aromatic rings. The topological polar surface area (TPSA) is 392 Å². The van der Waals surface area contributed by atoms with Crippen LogP contribution in [0.15, 0.2) is 54.7 Å². The Morgan fingerprint density at radius 2 is 1.31 bits per heavy atom. The zero-order valence-corrected chi connectivity index (χ0v) is 38.9. The highest BCUT2D eigenvalue weighted by Gasteiger charge is 2.41. The van der Waals surface area contributed by atoms with Crippen LogP contribution < -0.4 is 37.6 Å². The first-order chi connectivity index (χ1) is 33.1. The Balaban J connectivity index is 1.55. The largest absolute Gasteiger partial charge is 0.508 e. The fourth-order valence-corrected chi connectivity index (χ4v) is 7.80. The number of aliphatic hydroxyl groups excluding tert-OH is 3. The lowest BCUT2D eigenvalue weighted by Crippen LogP contribution is -2.62.